The molecule has 0 aliphatic heterocycles. The molecule has 1 heterocycles. The zero-order valence-corrected chi connectivity index (χ0v) is 18.0. The van der Waals surface area contributed by atoms with Crippen molar-refractivity contribution in [3.05, 3.63) is 89.7 Å². The van der Waals surface area contributed by atoms with Gasteiger partial charge in [-0.1, -0.05) is 18.2 Å². The molecule has 34 heavy (non-hydrogen) atoms. The monoisotopic (exact) mass is 468 g/mol. The van der Waals surface area contributed by atoms with E-state index in [4.69, 9.17) is 14.6 Å². The number of hydrogen-bond donors (Lipinski definition) is 1. The molecule has 0 radical (unpaired) electrons. The summed E-state index contributed by atoms with van der Waals surface area (Å²) in [5, 5.41) is 13.5. The van der Waals surface area contributed by atoms with Gasteiger partial charge in [0.05, 0.1) is 25.0 Å². The zero-order chi connectivity index (χ0) is 24.2. The van der Waals surface area contributed by atoms with E-state index in [2.05, 4.69) is 5.10 Å². The first-order chi connectivity index (χ1) is 16.4. The van der Waals surface area contributed by atoms with Crippen LogP contribution in [-0.4, -0.2) is 34.6 Å². The molecule has 9 heteroatoms. The predicted molar refractivity (Wildman–Crippen MR) is 118 cm³/mol. The summed E-state index contributed by atoms with van der Waals surface area (Å²) in [4.78, 5) is 11.0. The molecule has 1 aromatic heterocycles. The molecule has 0 saturated heterocycles. The summed E-state index contributed by atoms with van der Waals surface area (Å²) in [6.07, 6.45) is 0. The van der Waals surface area contributed by atoms with E-state index < -0.39 is 30.0 Å². The molecule has 0 amide bonds. The van der Waals surface area contributed by atoms with E-state index in [1.165, 1.54) is 12.1 Å². The lowest BCUT2D eigenvalue weighted by atomic mass is 10.1. The highest BCUT2D eigenvalue weighted by Gasteiger charge is 2.19. The van der Waals surface area contributed by atoms with Gasteiger partial charge in [-0.15, -0.1) is 0 Å². The molecular weight excluding hydrogens is 449 g/mol. The van der Waals surface area contributed by atoms with Crippen molar-refractivity contribution < 1.29 is 32.5 Å². The van der Waals surface area contributed by atoms with E-state index in [1.54, 1.807) is 36.1 Å². The van der Waals surface area contributed by atoms with Gasteiger partial charge in [0.2, 0.25) is 0 Å². The minimum absolute atomic E-state index is 0.0716. The molecule has 0 saturated carbocycles. The Hall–Kier alpha value is -4.27. The molecule has 6 nitrogen and oxygen atoms in total. The number of halogens is 3. The lowest BCUT2D eigenvalue weighted by molar-refractivity contribution is -0.139. The van der Waals surface area contributed by atoms with Gasteiger partial charge in [-0.25, -0.2) is 18.0 Å². The number of hydrogen-bond acceptors (Lipinski definition) is 4. The molecule has 0 unspecified atom stereocenters. The van der Waals surface area contributed by atoms with Crippen molar-refractivity contribution in [2.75, 3.05) is 13.7 Å². The highest BCUT2D eigenvalue weighted by molar-refractivity contribution is 5.74. The van der Waals surface area contributed by atoms with E-state index in [1.807, 2.05) is 18.2 Å². The lowest BCUT2D eigenvalue weighted by Crippen LogP contribution is -2.10. The minimum Gasteiger partial charge on any atom is -0.496 e. The van der Waals surface area contributed by atoms with E-state index in [0.717, 1.165) is 17.7 Å². The normalized spacial score (nSPS) is 10.8. The van der Waals surface area contributed by atoms with Crippen LogP contribution in [0.2, 0.25) is 0 Å². The fourth-order valence-corrected chi connectivity index (χ4v) is 3.50. The van der Waals surface area contributed by atoms with Crippen LogP contribution in [0.4, 0.5) is 13.2 Å². The zero-order valence-electron chi connectivity index (χ0n) is 18.0. The average Bonchev–Trinajstić information content (AvgIpc) is 3.23. The van der Waals surface area contributed by atoms with Gasteiger partial charge >= 0.3 is 5.97 Å². The fraction of sp³-hybridized carbons (Fsp3) is 0.120. The molecule has 0 atom stereocenters. The molecule has 4 aromatic rings. The molecule has 0 fully saturated rings. The third kappa shape index (κ3) is 4.88. The van der Waals surface area contributed by atoms with Crippen LogP contribution in [0, 0.1) is 17.5 Å². The van der Waals surface area contributed by atoms with E-state index in [-0.39, 0.29) is 23.6 Å². The second-order valence-corrected chi connectivity index (χ2v) is 7.34. The van der Waals surface area contributed by atoms with Gasteiger partial charge in [-0.2, -0.15) is 5.10 Å². The Morgan fingerprint density at radius 3 is 2.38 bits per heavy atom. The van der Waals surface area contributed by atoms with E-state index >= 15 is 0 Å². The maximum atomic E-state index is 14.1. The number of carboxylic acid groups (broad SMARTS) is 1. The van der Waals surface area contributed by atoms with Crippen LogP contribution in [0.25, 0.3) is 22.5 Å². The molecule has 0 spiro atoms. The lowest BCUT2D eigenvalue weighted by Gasteiger charge is -2.11. The first kappa shape index (κ1) is 22.9. The summed E-state index contributed by atoms with van der Waals surface area (Å²) in [5.74, 6) is -3.55. The smallest absolute Gasteiger partial charge is 0.341 e. The summed E-state index contributed by atoms with van der Waals surface area (Å²) in [6.45, 7) is -0.490. The number of ether oxygens (including phenoxy) is 2. The van der Waals surface area contributed by atoms with Crippen LogP contribution in [0.5, 0.6) is 11.5 Å². The summed E-state index contributed by atoms with van der Waals surface area (Å²) in [6, 6.07) is 16.4. The molecule has 174 valence electrons. The molecule has 4 rings (SSSR count). The second-order valence-electron chi connectivity index (χ2n) is 7.34. The summed E-state index contributed by atoms with van der Waals surface area (Å²) < 4.78 is 53.7. The van der Waals surface area contributed by atoms with Crippen molar-refractivity contribution in [3.8, 4) is 34.0 Å². The van der Waals surface area contributed by atoms with Crippen molar-refractivity contribution >= 4 is 5.97 Å². The Balaban J connectivity index is 1.85. The highest BCUT2D eigenvalue weighted by atomic mass is 19.2. The van der Waals surface area contributed by atoms with Gasteiger partial charge in [0.15, 0.2) is 18.2 Å². The first-order valence-corrected chi connectivity index (χ1v) is 10.2. The Bertz CT molecular complexity index is 1340. The Kier molecular flexibility index (Phi) is 6.53. The second kappa shape index (κ2) is 9.70. The molecule has 3 aromatic carbocycles. The van der Waals surface area contributed by atoms with E-state index in [0.29, 0.717) is 17.0 Å². The molecule has 1 N–H and O–H groups in total. The van der Waals surface area contributed by atoms with Crippen molar-refractivity contribution in [3.63, 3.8) is 0 Å². The Labute approximate surface area is 192 Å². The topological polar surface area (TPSA) is 73.6 Å². The van der Waals surface area contributed by atoms with Crippen LogP contribution in [0.1, 0.15) is 5.56 Å². The van der Waals surface area contributed by atoms with Crippen LogP contribution < -0.4 is 9.47 Å². The number of carboxylic acids is 1. The van der Waals surface area contributed by atoms with E-state index in [9.17, 15) is 18.0 Å². The number of aliphatic carboxylic acids is 1. The third-order valence-corrected chi connectivity index (χ3v) is 5.08. The molecule has 0 aliphatic rings. The standard InChI is InChI=1S/C25H19F3N2O4/c1-33-23-5-3-2-4-16(23)13-30-22(15-6-8-17(26)9-7-15)12-21(29-30)18-10-19(27)20(28)11-24(18)34-14-25(31)32/h2-12H,13-14H2,1H3,(H,31,32). The maximum absolute atomic E-state index is 14.1. The van der Waals surface area contributed by atoms with Crippen molar-refractivity contribution in [1.29, 1.82) is 0 Å². The number of aromatic nitrogens is 2. The summed E-state index contributed by atoms with van der Waals surface area (Å²) >= 11 is 0. The number of rotatable bonds is 8. The van der Waals surface area contributed by atoms with Gasteiger partial charge in [0.25, 0.3) is 0 Å². The van der Waals surface area contributed by atoms with Crippen LogP contribution >= 0.6 is 0 Å². The van der Waals surface area contributed by atoms with Gasteiger partial charge in [-0.05, 0) is 42.5 Å². The number of nitrogens with zero attached hydrogens (tertiary/aromatic N) is 2. The van der Waals surface area contributed by atoms with Crippen LogP contribution in [-0.2, 0) is 11.3 Å². The maximum Gasteiger partial charge on any atom is 0.341 e. The Morgan fingerprint density at radius 1 is 0.971 bits per heavy atom. The quantitative estimate of drug-likeness (QED) is 0.387. The predicted octanol–water partition coefficient (Wildman–Crippen LogP) is 5.15. The van der Waals surface area contributed by atoms with Gasteiger partial charge < -0.3 is 14.6 Å². The van der Waals surface area contributed by atoms with Gasteiger partial charge in [0, 0.05) is 22.8 Å². The SMILES string of the molecule is COc1ccccc1Cn1nc(-c2cc(F)c(F)cc2OCC(=O)O)cc1-c1ccc(F)cc1. The molecular formula is C25H19F3N2O4. The van der Waals surface area contributed by atoms with Gasteiger partial charge in [0.1, 0.15) is 17.3 Å². The fourth-order valence-electron chi connectivity index (χ4n) is 3.50. The first-order valence-electron chi connectivity index (χ1n) is 10.2. The third-order valence-electron chi connectivity index (χ3n) is 5.08. The largest absolute Gasteiger partial charge is 0.496 e. The van der Waals surface area contributed by atoms with Crippen molar-refractivity contribution in [2.45, 2.75) is 6.54 Å². The molecule has 0 aliphatic carbocycles. The van der Waals surface area contributed by atoms with Crippen molar-refractivity contribution in [2.24, 2.45) is 0 Å². The summed E-state index contributed by atoms with van der Waals surface area (Å²) in [5.41, 5.74) is 2.28. The average molecular weight is 468 g/mol. The van der Waals surface area contributed by atoms with Crippen molar-refractivity contribution in [1.82, 2.24) is 9.78 Å². The Morgan fingerprint density at radius 2 is 1.68 bits per heavy atom. The van der Waals surface area contributed by atoms with Gasteiger partial charge in [-0.3, -0.25) is 4.68 Å². The number of carbonyl (C=O) groups is 1. The summed E-state index contributed by atoms with van der Waals surface area (Å²) in [7, 11) is 1.54. The number of benzene rings is 3. The number of para-hydroxylation sites is 1. The van der Waals surface area contributed by atoms with Crippen LogP contribution in [0.3, 0.4) is 0 Å². The highest BCUT2D eigenvalue weighted by Crippen LogP contribution is 2.35. The van der Waals surface area contributed by atoms with Crippen LogP contribution in [0.15, 0.2) is 66.7 Å². The number of methoxy groups -OCH3 is 1. The minimum atomic E-state index is -1.27. The molecule has 0 bridgehead atoms.